The minimum Gasteiger partial charge on any atom is -0.481 e. The normalized spacial score (nSPS) is 23.7. The van der Waals surface area contributed by atoms with Gasteiger partial charge in [0.05, 0.1) is 0 Å². The van der Waals surface area contributed by atoms with Crippen LogP contribution in [-0.2, 0) is 4.79 Å². The van der Waals surface area contributed by atoms with Gasteiger partial charge in [0.2, 0.25) is 0 Å². The first-order valence-electron chi connectivity index (χ1n) is 7.32. The first-order valence-corrected chi connectivity index (χ1v) is 7.32. The third-order valence-corrected chi connectivity index (χ3v) is 4.65. The molecule has 1 aliphatic heterocycles. The van der Waals surface area contributed by atoms with Gasteiger partial charge in [-0.15, -0.1) is 0 Å². The fourth-order valence-corrected chi connectivity index (χ4v) is 3.09. The number of carbonyl (C=O) groups excluding carboxylic acids is 1. The van der Waals surface area contributed by atoms with Crippen LogP contribution in [0.2, 0.25) is 0 Å². The Balaban J connectivity index is 1.54. The summed E-state index contributed by atoms with van der Waals surface area (Å²) in [5.74, 6) is -2.01. The number of hydrogen-bond donors (Lipinski definition) is 0. The highest BCUT2D eigenvalue weighted by Gasteiger charge is 2.70. The molecule has 1 aromatic carbocycles. The average Bonchev–Trinajstić information content (AvgIpc) is 3.00. The van der Waals surface area contributed by atoms with Gasteiger partial charge in [-0.25, -0.2) is 8.78 Å². The molecule has 1 saturated heterocycles. The van der Waals surface area contributed by atoms with E-state index >= 15 is 0 Å². The van der Waals surface area contributed by atoms with E-state index in [1.165, 1.54) is 0 Å². The second-order valence-electron chi connectivity index (χ2n) is 6.06. The quantitative estimate of drug-likeness (QED) is 0.857. The molecule has 3 nitrogen and oxygen atoms in total. The topological polar surface area (TPSA) is 29.5 Å². The van der Waals surface area contributed by atoms with E-state index in [-0.39, 0.29) is 12.3 Å². The number of ether oxygens (including phenoxy) is 1. The van der Waals surface area contributed by atoms with Crippen LogP contribution < -0.4 is 4.74 Å². The second-order valence-corrected chi connectivity index (χ2v) is 6.06. The molecule has 21 heavy (non-hydrogen) atoms. The first kappa shape index (κ1) is 14.3. The van der Waals surface area contributed by atoms with Crippen molar-refractivity contribution in [1.82, 2.24) is 4.90 Å². The number of carbonyl (C=O) groups is 1. The molecule has 1 amide bonds. The van der Waals surface area contributed by atoms with Crippen LogP contribution in [0.25, 0.3) is 0 Å². The molecule has 0 bridgehead atoms. The van der Waals surface area contributed by atoms with Gasteiger partial charge >= 0.3 is 0 Å². The molecule has 1 aromatic rings. The van der Waals surface area contributed by atoms with Crippen molar-refractivity contribution in [1.29, 1.82) is 0 Å². The third kappa shape index (κ3) is 2.61. The lowest BCUT2D eigenvalue weighted by molar-refractivity contribution is -0.140. The summed E-state index contributed by atoms with van der Waals surface area (Å²) in [7, 11) is 0. The molecular weight excluding hydrogens is 276 g/mol. The van der Waals surface area contributed by atoms with Crippen molar-refractivity contribution in [2.24, 2.45) is 5.41 Å². The lowest BCUT2D eigenvalue weighted by Gasteiger charge is -2.33. The molecule has 1 atom stereocenters. The van der Waals surface area contributed by atoms with E-state index < -0.39 is 17.4 Å². The lowest BCUT2D eigenvalue weighted by Crippen LogP contribution is -2.46. The molecule has 1 saturated carbocycles. The monoisotopic (exact) mass is 295 g/mol. The molecule has 2 aliphatic rings. The highest BCUT2D eigenvalue weighted by Crippen LogP contribution is 2.65. The van der Waals surface area contributed by atoms with E-state index in [2.05, 4.69) is 0 Å². The summed E-state index contributed by atoms with van der Waals surface area (Å²) < 4.78 is 32.2. The highest BCUT2D eigenvalue weighted by molar-refractivity contribution is 5.81. The number of benzene rings is 1. The number of amides is 1. The summed E-state index contributed by atoms with van der Waals surface area (Å²) >= 11 is 0. The molecule has 1 heterocycles. The van der Waals surface area contributed by atoms with E-state index in [0.29, 0.717) is 31.7 Å². The highest BCUT2D eigenvalue weighted by atomic mass is 19.3. The van der Waals surface area contributed by atoms with Crippen LogP contribution in [0, 0.1) is 5.41 Å². The molecular formula is C16H19F2NO2. The third-order valence-electron chi connectivity index (χ3n) is 4.65. The van der Waals surface area contributed by atoms with Crippen LogP contribution >= 0.6 is 0 Å². The van der Waals surface area contributed by atoms with Crippen molar-refractivity contribution in [3.05, 3.63) is 30.3 Å². The van der Waals surface area contributed by atoms with E-state index in [9.17, 15) is 13.6 Å². The van der Waals surface area contributed by atoms with Gasteiger partial charge in [-0.05, 0) is 31.9 Å². The smallest absolute Gasteiger partial charge is 0.263 e. The Morgan fingerprint density at radius 2 is 1.81 bits per heavy atom. The van der Waals surface area contributed by atoms with Gasteiger partial charge in [0.15, 0.2) is 6.10 Å². The molecule has 3 rings (SSSR count). The zero-order valence-electron chi connectivity index (χ0n) is 12.0. The summed E-state index contributed by atoms with van der Waals surface area (Å²) in [5, 5.41) is 0. The molecule has 1 unspecified atom stereocenters. The SMILES string of the molecule is CC(Oc1ccccc1)C(=O)N1CCC2(CC1)CC2(F)F. The molecule has 1 aliphatic carbocycles. The Kier molecular flexibility index (Phi) is 3.38. The average molecular weight is 295 g/mol. The predicted octanol–water partition coefficient (Wildman–Crippen LogP) is 3.10. The lowest BCUT2D eigenvalue weighted by atomic mass is 9.92. The van der Waals surface area contributed by atoms with Crippen LogP contribution in [0.5, 0.6) is 5.75 Å². The van der Waals surface area contributed by atoms with Crippen LogP contribution in [0.4, 0.5) is 8.78 Å². The molecule has 2 fully saturated rings. The number of nitrogens with zero attached hydrogens (tertiary/aromatic N) is 1. The van der Waals surface area contributed by atoms with Gasteiger partial charge in [0, 0.05) is 24.9 Å². The molecule has 1 spiro atoms. The standard InChI is InChI=1S/C16H19F2NO2/c1-12(21-13-5-3-2-4-6-13)14(20)19-9-7-15(8-10-19)11-16(15,17)18/h2-6,12H,7-11H2,1H3. The number of hydrogen-bond acceptors (Lipinski definition) is 2. The Bertz CT molecular complexity index is 524. The van der Waals surface area contributed by atoms with Gasteiger partial charge in [0.1, 0.15) is 5.75 Å². The van der Waals surface area contributed by atoms with Crippen molar-refractivity contribution in [2.75, 3.05) is 13.1 Å². The number of likely N-dealkylation sites (tertiary alicyclic amines) is 1. The van der Waals surface area contributed by atoms with Crippen LogP contribution in [0.3, 0.4) is 0 Å². The van der Waals surface area contributed by atoms with Crippen LogP contribution in [-0.4, -0.2) is 35.9 Å². The van der Waals surface area contributed by atoms with Crippen molar-refractivity contribution in [3.8, 4) is 5.75 Å². The summed E-state index contributed by atoms with van der Waals surface area (Å²) in [6.07, 6.45) is 0.173. The minimum atomic E-state index is -2.52. The Labute approximate surface area is 122 Å². The summed E-state index contributed by atoms with van der Waals surface area (Å²) in [6.45, 7) is 2.50. The Morgan fingerprint density at radius 3 is 2.33 bits per heavy atom. The summed E-state index contributed by atoms with van der Waals surface area (Å²) in [4.78, 5) is 14.0. The fraction of sp³-hybridized carbons (Fsp3) is 0.562. The van der Waals surface area contributed by atoms with Crippen molar-refractivity contribution < 1.29 is 18.3 Å². The molecule has 5 heteroatoms. The summed E-state index contributed by atoms with van der Waals surface area (Å²) in [6, 6.07) is 9.14. The maximum Gasteiger partial charge on any atom is 0.263 e. The maximum atomic E-state index is 13.3. The summed E-state index contributed by atoms with van der Waals surface area (Å²) in [5.41, 5.74) is -0.826. The maximum absolute atomic E-state index is 13.3. The van der Waals surface area contributed by atoms with Gasteiger partial charge in [-0.3, -0.25) is 4.79 Å². The van der Waals surface area contributed by atoms with Crippen molar-refractivity contribution in [3.63, 3.8) is 0 Å². The first-order chi connectivity index (χ1) is 9.94. The van der Waals surface area contributed by atoms with E-state index in [4.69, 9.17) is 4.74 Å². The van der Waals surface area contributed by atoms with Gasteiger partial charge < -0.3 is 9.64 Å². The van der Waals surface area contributed by atoms with Crippen LogP contribution in [0.15, 0.2) is 30.3 Å². The number of halogens is 2. The largest absolute Gasteiger partial charge is 0.481 e. The second kappa shape index (κ2) is 4.97. The predicted molar refractivity (Wildman–Crippen MR) is 74.3 cm³/mol. The number of piperidine rings is 1. The van der Waals surface area contributed by atoms with Crippen molar-refractivity contribution >= 4 is 5.91 Å². The molecule has 114 valence electrons. The van der Waals surface area contributed by atoms with Crippen LogP contribution in [0.1, 0.15) is 26.2 Å². The van der Waals surface area contributed by atoms with Gasteiger partial charge in [-0.1, -0.05) is 18.2 Å². The number of para-hydroxylation sites is 1. The molecule has 0 aromatic heterocycles. The van der Waals surface area contributed by atoms with E-state index in [0.717, 1.165) is 0 Å². The Morgan fingerprint density at radius 1 is 1.24 bits per heavy atom. The number of alkyl halides is 2. The van der Waals surface area contributed by atoms with E-state index in [1.54, 1.807) is 24.0 Å². The van der Waals surface area contributed by atoms with E-state index in [1.807, 2.05) is 18.2 Å². The molecule has 0 N–H and O–H groups in total. The Hall–Kier alpha value is -1.65. The number of rotatable bonds is 3. The minimum absolute atomic E-state index is 0.0158. The molecule has 0 radical (unpaired) electrons. The van der Waals surface area contributed by atoms with Gasteiger partial charge in [0.25, 0.3) is 11.8 Å². The van der Waals surface area contributed by atoms with Gasteiger partial charge in [-0.2, -0.15) is 0 Å². The fourth-order valence-electron chi connectivity index (χ4n) is 3.09. The zero-order valence-corrected chi connectivity index (χ0v) is 12.0. The van der Waals surface area contributed by atoms with Crippen molar-refractivity contribution in [2.45, 2.75) is 38.2 Å². The zero-order chi connectivity index (χ0) is 15.1.